The molecule has 0 radical (unpaired) electrons. The lowest BCUT2D eigenvalue weighted by atomic mass is 10.2. The van der Waals surface area contributed by atoms with Gasteiger partial charge in [-0.1, -0.05) is 30.3 Å². The number of likely N-dealkylation sites (tertiary alicyclic amines) is 1. The van der Waals surface area contributed by atoms with Crippen molar-refractivity contribution in [3.63, 3.8) is 0 Å². The number of carbonyl (C=O) groups is 1. The Kier molecular flexibility index (Phi) is 4.20. The highest BCUT2D eigenvalue weighted by atomic mass is 16.2. The van der Waals surface area contributed by atoms with Gasteiger partial charge in [-0.05, 0) is 22.4 Å². The summed E-state index contributed by atoms with van der Waals surface area (Å²) in [5, 5.41) is 13.7. The van der Waals surface area contributed by atoms with Gasteiger partial charge in [-0.25, -0.2) is 4.68 Å². The first kappa shape index (κ1) is 13.7. The second kappa shape index (κ2) is 6.45. The molecule has 0 spiro atoms. The maximum absolute atomic E-state index is 11.9. The third kappa shape index (κ3) is 3.85. The minimum atomic E-state index is -0.0474. The van der Waals surface area contributed by atoms with Crippen molar-refractivity contribution in [2.75, 3.05) is 13.1 Å². The average molecular weight is 286 g/mol. The predicted octanol–water partition coefficient (Wildman–Crippen LogP) is 0.0638. The van der Waals surface area contributed by atoms with Crippen LogP contribution >= 0.6 is 0 Å². The molecule has 1 N–H and O–H groups in total. The van der Waals surface area contributed by atoms with E-state index in [1.807, 2.05) is 6.07 Å². The minimum absolute atomic E-state index is 0.0474. The van der Waals surface area contributed by atoms with Gasteiger partial charge >= 0.3 is 0 Å². The van der Waals surface area contributed by atoms with E-state index in [-0.39, 0.29) is 18.5 Å². The van der Waals surface area contributed by atoms with Gasteiger partial charge in [0.05, 0.1) is 0 Å². The van der Waals surface area contributed by atoms with Crippen LogP contribution in [0.4, 0.5) is 0 Å². The SMILES string of the molecule is O=C(Cn1cnnn1)N[C@H]1CCN(Cc2ccccc2)C1. The largest absolute Gasteiger partial charge is 0.350 e. The average Bonchev–Trinajstić information content (AvgIpc) is 3.12. The van der Waals surface area contributed by atoms with Gasteiger partial charge in [0.25, 0.3) is 0 Å². The lowest BCUT2D eigenvalue weighted by molar-refractivity contribution is -0.122. The van der Waals surface area contributed by atoms with Crippen LogP contribution in [0.5, 0.6) is 0 Å². The number of tetrazole rings is 1. The monoisotopic (exact) mass is 286 g/mol. The van der Waals surface area contributed by atoms with Crippen molar-refractivity contribution >= 4 is 5.91 Å². The van der Waals surface area contributed by atoms with Crippen molar-refractivity contribution in [1.29, 1.82) is 0 Å². The maximum Gasteiger partial charge on any atom is 0.242 e. The first-order chi connectivity index (χ1) is 10.3. The Labute approximate surface area is 122 Å². The fraction of sp³-hybridized carbons (Fsp3) is 0.429. The van der Waals surface area contributed by atoms with Crippen molar-refractivity contribution in [3.05, 3.63) is 42.2 Å². The summed E-state index contributed by atoms with van der Waals surface area (Å²) >= 11 is 0. The lowest BCUT2D eigenvalue weighted by Gasteiger charge is -2.16. The van der Waals surface area contributed by atoms with Crippen molar-refractivity contribution in [2.24, 2.45) is 0 Å². The molecule has 7 nitrogen and oxygen atoms in total. The van der Waals surface area contributed by atoms with E-state index in [9.17, 15) is 4.79 Å². The number of carbonyl (C=O) groups excluding carboxylic acids is 1. The van der Waals surface area contributed by atoms with Crippen molar-refractivity contribution < 1.29 is 4.79 Å². The molecule has 0 aliphatic carbocycles. The zero-order valence-corrected chi connectivity index (χ0v) is 11.7. The number of hydrogen-bond acceptors (Lipinski definition) is 5. The van der Waals surface area contributed by atoms with Crippen LogP contribution in [0.3, 0.4) is 0 Å². The smallest absolute Gasteiger partial charge is 0.242 e. The van der Waals surface area contributed by atoms with E-state index < -0.39 is 0 Å². The number of rotatable bonds is 5. The molecule has 2 heterocycles. The molecule has 1 aliphatic heterocycles. The molecular formula is C14H18N6O. The predicted molar refractivity (Wildman–Crippen MR) is 76.1 cm³/mol. The first-order valence-corrected chi connectivity index (χ1v) is 7.06. The topological polar surface area (TPSA) is 75.9 Å². The van der Waals surface area contributed by atoms with Crippen LogP contribution in [0.1, 0.15) is 12.0 Å². The number of hydrogen-bond donors (Lipinski definition) is 1. The highest BCUT2D eigenvalue weighted by Crippen LogP contribution is 2.13. The third-order valence-corrected chi connectivity index (χ3v) is 3.58. The van der Waals surface area contributed by atoms with Crippen LogP contribution in [0.25, 0.3) is 0 Å². The van der Waals surface area contributed by atoms with Gasteiger partial charge in [0.1, 0.15) is 12.9 Å². The van der Waals surface area contributed by atoms with Gasteiger partial charge < -0.3 is 5.32 Å². The second-order valence-corrected chi connectivity index (χ2v) is 5.28. The molecule has 2 aromatic rings. The summed E-state index contributed by atoms with van der Waals surface area (Å²) in [7, 11) is 0. The third-order valence-electron chi connectivity index (χ3n) is 3.58. The van der Waals surface area contributed by atoms with Gasteiger partial charge in [-0.3, -0.25) is 9.69 Å². The summed E-state index contributed by atoms with van der Waals surface area (Å²) < 4.78 is 1.42. The van der Waals surface area contributed by atoms with E-state index >= 15 is 0 Å². The maximum atomic E-state index is 11.9. The number of amides is 1. The molecule has 0 saturated carbocycles. The molecule has 110 valence electrons. The van der Waals surface area contributed by atoms with E-state index in [0.717, 1.165) is 26.1 Å². The van der Waals surface area contributed by atoms with E-state index in [1.165, 1.54) is 16.6 Å². The normalized spacial score (nSPS) is 18.8. The summed E-state index contributed by atoms with van der Waals surface area (Å²) in [6.07, 6.45) is 2.42. The Hall–Kier alpha value is -2.28. The Balaban J connectivity index is 1.45. The zero-order valence-electron chi connectivity index (χ0n) is 11.7. The molecule has 1 atom stereocenters. The van der Waals surface area contributed by atoms with Gasteiger partial charge in [0.2, 0.25) is 5.91 Å². The van der Waals surface area contributed by atoms with E-state index in [4.69, 9.17) is 0 Å². The molecule has 7 heteroatoms. The van der Waals surface area contributed by atoms with E-state index in [0.29, 0.717) is 0 Å². The summed E-state index contributed by atoms with van der Waals surface area (Å²) in [6.45, 7) is 2.99. The van der Waals surface area contributed by atoms with Gasteiger partial charge in [0.15, 0.2) is 0 Å². The lowest BCUT2D eigenvalue weighted by Crippen LogP contribution is -2.38. The minimum Gasteiger partial charge on any atom is -0.350 e. The van der Waals surface area contributed by atoms with Crippen molar-refractivity contribution in [2.45, 2.75) is 25.6 Å². The van der Waals surface area contributed by atoms with Crippen LogP contribution in [-0.2, 0) is 17.9 Å². The van der Waals surface area contributed by atoms with E-state index in [1.54, 1.807) is 0 Å². The molecular weight excluding hydrogens is 268 g/mol. The molecule has 0 bridgehead atoms. The standard InChI is InChI=1S/C14H18N6O/c21-14(10-20-11-15-17-18-20)16-13-6-7-19(9-13)8-12-4-2-1-3-5-12/h1-5,11,13H,6-10H2,(H,16,21)/t13-/m0/s1. The number of nitrogens with zero attached hydrogens (tertiary/aromatic N) is 5. The molecule has 0 unspecified atom stereocenters. The van der Waals surface area contributed by atoms with Crippen molar-refractivity contribution in [1.82, 2.24) is 30.4 Å². The Morgan fingerprint density at radius 2 is 2.19 bits per heavy atom. The quantitative estimate of drug-likeness (QED) is 0.841. The molecule has 3 rings (SSSR count). The second-order valence-electron chi connectivity index (χ2n) is 5.28. The fourth-order valence-corrected chi connectivity index (χ4v) is 2.61. The number of aromatic nitrogens is 4. The summed E-state index contributed by atoms with van der Waals surface area (Å²) in [5.74, 6) is -0.0474. The molecule has 1 aliphatic rings. The highest BCUT2D eigenvalue weighted by Gasteiger charge is 2.23. The molecule has 1 amide bonds. The molecule has 1 saturated heterocycles. The first-order valence-electron chi connectivity index (χ1n) is 7.06. The Bertz CT molecular complexity index is 570. The van der Waals surface area contributed by atoms with Crippen LogP contribution in [-0.4, -0.2) is 50.1 Å². The van der Waals surface area contributed by atoms with Crippen LogP contribution in [0, 0.1) is 0 Å². The zero-order chi connectivity index (χ0) is 14.5. The fourth-order valence-electron chi connectivity index (χ4n) is 2.61. The molecule has 1 fully saturated rings. The Morgan fingerprint density at radius 3 is 2.95 bits per heavy atom. The molecule has 1 aromatic carbocycles. The summed E-state index contributed by atoms with van der Waals surface area (Å²) in [5.41, 5.74) is 1.30. The van der Waals surface area contributed by atoms with Gasteiger partial charge in [0, 0.05) is 25.7 Å². The van der Waals surface area contributed by atoms with Gasteiger partial charge in [-0.15, -0.1) is 5.10 Å². The highest BCUT2D eigenvalue weighted by molar-refractivity contribution is 5.75. The summed E-state index contributed by atoms with van der Waals surface area (Å²) in [6, 6.07) is 10.6. The molecule has 21 heavy (non-hydrogen) atoms. The number of benzene rings is 1. The van der Waals surface area contributed by atoms with Crippen LogP contribution in [0.15, 0.2) is 36.7 Å². The van der Waals surface area contributed by atoms with Crippen molar-refractivity contribution in [3.8, 4) is 0 Å². The summed E-state index contributed by atoms with van der Waals surface area (Å²) in [4.78, 5) is 14.2. The van der Waals surface area contributed by atoms with Crippen LogP contribution in [0.2, 0.25) is 0 Å². The Morgan fingerprint density at radius 1 is 1.33 bits per heavy atom. The number of nitrogens with one attached hydrogen (secondary N) is 1. The van der Waals surface area contributed by atoms with Crippen LogP contribution < -0.4 is 5.32 Å². The molecule has 1 aromatic heterocycles. The van der Waals surface area contributed by atoms with E-state index in [2.05, 4.69) is 50.0 Å². The van der Waals surface area contributed by atoms with Gasteiger partial charge in [-0.2, -0.15) is 0 Å².